The van der Waals surface area contributed by atoms with Crippen molar-refractivity contribution in [2.75, 3.05) is 38.4 Å². The van der Waals surface area contributed by atoms with Gasteiger partial charge in [-0.05, 0) is 85.4 Å². The minimum absolute atomic E-state index is 0.527. The Labute approximate surface area is 216 Å². The second-order valence-electron chi connectivity index (χ2n) is 8.82. The predicted octanol–water partition coefficient (Wildman–Crippen LogP) is 5.24. The van der Waals surface area contributed by atoms with Crippen LogP contribution in [0.2, 0.25) is 0 Å². The number of hydrogen-bond donors (Lipinski definition) is 2. The van der Waals surface area contributed by atoms with E-state index in [0.717, 1.165) is 52.9 Å². The number of anilines is 3. The minimum Gasteiger partial charge on any atom is -0.497 e. The third-order valence-corrected chi connectivity index (χ3v) is 6.03. The van der Waals surface area contributed by atoms with Gasteiger partial charge in [0.15, 0.2) is 5.65 Å². The van der Waals surface area contributed by atoms with E-state index in [1.807, 2.05) is 83.4 Å². The molecule has 0 bridgehead atoms. The summed E-state index contributed by atoms with van der Waals surface area (Å²) in [6.07, 6.45) is 0. The number of fused-ring (bicyclic) bond motifs is 1. The first-order valence-corrected chi connectivity index (χ1v) is 12.1. The van der Waals surface area contributed by atoms with Crippen LogP contribution in [0.15, 0.2) is 91.0 Å². The molecule has 8 heteroatoms. The monoisotopic (exact) mass is 494 g/mol. The molecule has 3 N–H and O–H groups in total. The lowest BCUT2D eigenvalue weighted by Crippen LogP contribution is -2.23. The Morgan fingerprint density at radius 2 is 1.62 bits per heavy atom. The normalized spacial score (nSPS) is 11.1. The van der Waals surface area contributed by atoms with Gasteiger partial charge >= 0.3 is 0 Å². The first-order chi connectivity index (χ1) is 18.1. The lowest BCUT2D eigenvalue weighted by molar-refractivity contribution is 0.233. The number of ether oxygens (including phenoxy) is 2. The van der Waals surface area contributed by atoms with Crippen LogP contribution in [0.5, 0.6) is 11.5 Å². The molecular weight excluding hydrogens is 464 g/mol. The highest BCUT2D eigenvalue weighted by atomic mass is 16.5. The highest BCUT2D eigenvalue weighted by molar-refractivity contribution is 5.65. The van der Waals surface area contributed by atoms with Crippen molar-refractivity contribution in [2.45, 2.75) is 6.54 Å². The Bertz CT molecular complexity index is 1450. The summed E-state index contributed by atoms with van der Waals surface area (Å²) < 4.78 is 13.0. The summed E-state index contributed by atoms with van der Waals surface area (Å²) in [5.41, 5.74) is 11.4. The standard InChI is InChI=1S/C29H30N6O2/c1-34(20-21-6-10-23(30)11-7-21)18-19-37-26-16-12-24(13-17-26)31-29-32-28-5-3-4-27(35(28)33-29)22-8-14-25(36-2)15-9-22/h3-17H,18-20,30H2,1-2H3,(H,31,33). The number of benzene rings is 3. The maximum atomic E-state index is 5.93. The van der Waals surface area contributed by atoms with Crippen LogP contribution in [-0.4, -0.2) is 46.8 Å². The molecule has 0 aliphatic carbocycles. The van der Waals surface area contributed by atoms with Crippen molar-refractivity contribution in [3.63, 3.8) is 0 Å². The molecule has 8 nitrogen and oxygen atoms in total. The lowest BCUT2D eigenvalue weighted by atomic mass is 10.1. The molecule has 0 amide bonds. The van der Waals surface area contributed by atoms with Gasteiger partial charge in [0.25, 0.3) is 0 Å². The van der Waals surface area contributed by atoms with E-state index in [9.17, 15) is 0 Å². The largest absolute Gasteiger partial charge is 0.497 e. The van der Waals surface area contributed by atoms with Gasteiger partial charge in [-0.25, -0.2) is 4.52 Å². The molecule has 0 aliphatic heterocycles. The zero-order valence-electron chi connectivity index (χ0n) is 21.0. The molecule has 3 aromatic carbocycles. The second-order valence-corrected chi connectivity index (χ2v) is 8.82. The van der Waals surface area contributed by atoms with E-state index in [2.05, 4.69) is 39.5 Å². The van der Waals surface area contributed by atoms with Crippen molar-refractivity contribution in [1.82, 2.24) is 19.5 Å². The molecule has 0 atom stereocenters. The van der Waals surface area contributed by atoms with Crippen molar-refractivity contribution < 1.29 is 9.47 Å². The van der Waals surface area contributed by atoms with Crippen LogP contribution < -0.4 is 20.5 Å². The quantitative estimate of drug-likeness (QED) is 0.257. The average molecular weight is 495 g/mol. The maximum Gasteiger partial charge on any atom is 0.247 e. The smallest absolute Gasteiger partial charge is 0.247 e. The topological polar surface area (TPSA) is 89.9 Å². The molecule has 2 aromatic heterocycles. The van der Waals surface area contributed by atoms with E-state index in [1.54, 1.807) is 7.11 Å². The zero-order valence-corrected chi connectivity index (χ0v) is 21.0. The van der Waals surface area contributed by atoms with Crippen LogP contribution in [0.1, 0.15) is 5.56 Å². The SMILES string of the molecule is COc1ccc(-c2cccc3nc(Nc4ccc(OCCN(C)Cc5ccc(N)cc5)cc4)nn23)cc1. The molecule has 0 spiro atoms. The molecule has 188 valence electrons. The first-order valence-electron chi connectivity index (χ1n) is 12.1. The number of nitrogens with zero attached hydrogens (tertiary/aromatic N) is 4. The van der Waals surface area contributed by atoms with E-state index in [-0.39, 0.29) is 0 Å². The summed E-state index contributed by atoms with van der Waals surface area (Å²) in [4.78, 5) is 6.85. The van der Waals surface area contributed by atoms with Crippen molar-refractivity contribution in [2.24, 2.45) is 0 Å². The lowest BCUT2D eigenvalue weighted by Gasteiger charge is -2.17. The van der Waals surface area contributed by atoms with Gasteiger partial charge < -0.3 is 20.5 Å². The van der Waals surface area contributed by atoms with E-state index in [0.29, 0.717) is 12.6 Å². The molecule has 0 saturated heterocycles. The number of pyridine rings is 1. The number of nitrogens with one attached hydrogen (secondary N) is 1. The van der Waals surface area contributed by atoms with Crippen LogP contribution in [0.25, 0.3) is 16.9 Å². The van der Waals surface area contributed by atoms with E-state index < -0.39 is 0 Å². The van der Waals surface area contributed by atoms with E-state index >= 15 is 0 Å². The Balaban J connectivity index is 1.18. The Kier molecular flexibility index (Phi) is 7.19. The van der Waals surface area contributed by atoms with Crippen LogP contribution in [0.3, 0.4) is 0 Å². The predicted molar refractivity (Wildman–Crippen MR) is 147 cm³/mol. The van der Waals surface area contributed by atoms with Gasteiger partial charge in [0.2, 0.25) is 5.95 Å². The molecule has 0 fully saturated rings. The summed E-state index contributed by atoms with van der Waals surface area (Å²) in [5, 5.41) is 7.96. The van der Waals surface area contributed by atoms with Crippen molar-refractivity contribution in [3.8, 4) is 22.8 Å². The van der Waals surface area contributed by atoms with Crippen LogP contribution >= 0.6 is 0 Å². The Hall–Kier alpha value is -4.56. The third-order valence-electron chi connectivity index (χ3n) is 6.03. The summed E-state index contributed by atoms with van der Waals surface area (Å²) >= 11 is 0. The fourth-order valence-electron chi connectivity index (χ4n) is 4.04. The van der Waals surface area contributed by atoms with Gasteiger partial charge in [-0.1, -0.05) is 18.2 Å². The summed E-state index contributed by atoms with van der Waals surface area (Å²) in [6.45, 7) is 2.26. The van der Waals surface area contributed by atoms with Crippen molar-refractivity contribution in [1.29, 1.82) is 0 Å². The van der Waals surface area contributed by atoms with Gasteiger partial charge in [-0.3, -0.25) is 4.90 Å². The fraction of sp³-hybridized carbons (Fsp3) is 0.172. The van der Waals surface area contributed by atoms with Crippen LogP contribution in [0, 0.1) is 0 Å². The maximum absolute atomic E-state index is 5.93. The molecule has 0 unspecified atom stereocenters. The number of methoxy groups -OCH3 is 1. The fourth-order valence-corrected chi connectivity index (χ4v) is 4.04. The van der Waals surface area contributed by atoms with Gasteiger partial charge in [0.05, 0.1) is 12.8 Å². The van der Waals surface area contributed by atoms with Crippen molar-refractivity contribution in [3.05, 3.63) is 96.6 Å². The highest BCUT2D eigenvalue weighted by Gasteiger charge is 2.10. The molecule has 2 heterocycles. The van der Waals surface area contributed by atoms with Crippen LogP contribution in [-0.2, 0) is 6.54 Å². The van der Waals surface area contributed by atoms with E-state index in [1.165, 1.54) is 5.56 Å². The summed E-state index contributed by atoms with van der Waals surface area (Å²) in [6, 6.07) is 29.6. The molecule has 37 heavy (non-hydrogen) atoms. The number of aromatic nitrogens is 3. The number of nitrogen functional groups attached to an aromatic ring is 1. The Morgan fingerprint density at radius 3 is 2.35 bits per heavy atom. The molecule has 5 rings (SSSR count). The number of likely N-dealkylation sites (N-methyl/N-ethyl adjacent to an activating group) is 1. The molecule has 0 saturated carbocycles. The van der Waals surface area contributed by atoms with Gasteiger partial charge in [0, 0.05) is 30.0 Å². The number of rotatable bonds is 10. The minimum atomic E-state index is 0.527. The summed E-state index contributed by atoms with van der Waals surface area (Å²) in [5.74, 6) is 2.16. The van der Waals surface area contributed by atoms with E-state index in [4.69, 9.17) is 15.2 Å². The zero-order chi connectivity index (χ0) is 25.6. The molecule has 0 radical (unpaired) electrons. The van der Waals surface area contributed by atoms with Crippen molar-refractivity contribution >= 4 is 23.0 Å². The summed E-state index contributed by atoms with van der Waals surface area (Å²) in [7, 11) is 3.74. The van der Waals surface area contributed by atoms with Gasteiger partial charge in [-0.15, -0.1) is 5.10 Å². The molecule has 0 aliphatic rings. The molecular formula is C29H30N6O2. The number of hydrogen-bond acceptors (Lipinski definition) is 7. The number of nitrogens with two attached hydrogens (primary N) is 1. The third kappa shape index (κ3) is 5.99. The van der Waals surface area contributed by atoms with Gasteiger partial charge in [0.1, 0.15) is 18.1 Å². The van der Waals surface area contributed by atoms with Crippen LogP contribution in [0.4, 0.5) is 17.3 Å². The van der Waals surface area contributed by atoms with Gasteiger partial charge in [-0.2, -0.15) is 4.98 Å². The molecule has 5 aromatic rings. The second kappa shape index (κ2) is 11.0. The highest BCUT2D eigenvalue weighted by Crippen LogP contribution is 2.24. The first kappa shape index (κ1) is 24.1. The average Bonchev–Trinajstić information content (AvgIpc) is 3.34. The Morgan fingerprint density at radius 1 is 0.892 bits per heavy atom.